The molecular weight excluding hydrogens is 257 g/mol. The zero-order valence-corrected chi connectivity index (χ0v) is 11.4. The minimum absolute atomic E-state index is 0.350. The standard InChI is InChI=1S/C12H17Cl2N3/c1-2-5-17(7-8-3-4-8)12-10(14)6-9(13)11(15)16-12/h6,8H,2-5,7H2,1H3,(H2,15,16). The molecule has 2 N–H and O–H groups in total. The highest BCUT2D eigenvalue weighted by Gasteiger charge is 2.25. The number of nitrogens with two attached hydrogens (primary N) is 1. The summed E-state index contributed by atoms with van der Waals surface area (Å²) in [7, 11) is 0. The largest absolute Gasteiger partial charge is 0.382 e. The van der Waals surface area contributed by atoms with E-state index >= 15 is 0 Å². The van der Waals surface area contributed by atoms with Crippen LogP contribution in [-0.2, 0) is 0 Å². The SMILES string of the molecule is CCCN(CC1CC1)c1nc(N)c(Cl)cc1Cl. The Bertz CT molecular complexity index is 405. The number of nitrogens with zero attached hydrogens (tertiary/aromatic N) is 2. The van der Waals surface area contributed by atoms with Crippen LogP contribution in [0.2, 0.25) is 10.0 Å². The Kier molecular flexibility index (Phi) is 4.00. The van der Waals surface area contributed by atoms with Crippen molar-refractivity contribution >= 4 is 34.8 Å². The van der Waals surface area contributed by atoms with E-state index in [1.165, 1.54) is 12.8 Å². The predicted octanol–water partition coefficient (Wildman–Crippen LogP) is 3.60. The summed E-state index contributed by atoms with van der Waals surface area (Å²) in [4.78, 5) is 6.53. The second-order valence-corrected chi connectivity index (χ2v) is 5.36. The molecule has 17 heavy (non-hydrogen) atoms. The lowest BCUT2D eigenvalue weighted by Gasteiger charge is -2.24. The molecule has 0 aromatic carbocycles. The molecule has 0 amide bonds. The van der Waals surface area contributed by atoms with Crippen molar-refractivity contribution in [2.45, 2.75) is 26.2 Å². The molecule has 1 heterocycles. The molecular formula is C12H17Cl2N3. The molecule has 1 aromatic heterocycles. The summed E-state index contributed by atoms with van der Waals surface area (Å²) in [5, 5.41) is 1.000. The molecule has 2 rings (SSSR count). The Balaban J connectivity index is 2.23. The van der Waals surface area contributed by atoms with Crippen molar-refractivity contribution in [1.29, 1.82) is 0 Å². The van der Waals surface area contributed by atoms with Crippen molar-refractivity contribution in [3.05, 3.63) is 16.1 Å². The topological polar surface area (TPSA) is 42.2 Å². The van der Waals surface area contributed by atoms with Crippen molar-refractivity contribution in [3.8, 4) is 0 Å². The number of rotatable bonds is 5. The number of aromatic nitrogens is 1. The van der Waals surface area contributed by atoms with Crippen molar-refractivity contribution in [2.75, 3.05) is 23.7 Å². The van der Waals surface area contributed by atoms with E-state index in [4.69, 9.17) is 28.9 Å². The maximum atomic E-state index is 6.19. The van der Waals surface area contributed by atoms with E-state index < -0.39 is 0 Å². The van der Waals surface area contributed by atoms with Crippen LogP contribution in [0.15, 0.2) is 6.07 Å². The molecule has 1 aliphatic rings. The third kappa shape index (κ3) is 3.17. The number of halogens is 2. The van der Waals surface area contributed by atoms with Gasteiger partial charge in [0.2, 0.25) is 0 Å². The van der Waals surface area contributed by atoms with Crippen LogP contribution >= 0.6 is 23.2 Å². The number of nitrogen functional groups attached to an aromatic ring is 1. The average molecular weight is 274 g/mol. The highest BCUT2D eigenvalue weighted by Crippen LogP contribution is 2.35. The zero-order valence-electron chi connectivity index (χ0n) is 9.92. The zero-order chi connectivity index (χ0) is 12.4. The first kappa shape index (κ1) is 12.8. The van der Waals surface area contributed by atoms with Crippen LogP contribution in [0.5, 0.6) is 0 Å². The lowest BCUT2D eigenvalue weighted by atomic mass is 10.3. The fraction of sp³-hybridized carbons (Fsp3) is 0.583. The van der Waals surface area contributed by atoms with Gasteiger partial charge in [0.05, 0.1) is 10.0 Å². The van der Waals surface area contributed by atoms with E-state index in [-0.39, 0.29) is 0 Å². The molecule has 0 unspecified atom stereocenters. The second-order valence-electron chi connectivity index (χ2n) is 4.55. The van der Waals surface area contributed by atoms with Crippen molar-refractivity contribution in [1.82, 2.24) is 4.98 Å². The monoisotopic (exact) mass is 273 g/mol. The molecule has 1 saturated carbocycles. The minimum Gasteiger partial charge on any atom is -0.382 e. The molecule has 1 aromatic rings. The van der Waals surface area contributed by atoms with Crippen LogP contribution in [0.3, 0.4) is 0 Å². The summed E-state index contributed by atoms with van der Waals surface area (Å²) < 4.78 is 0. The predicted molar refractivity (Wildman–Crippen MR) is 73.9 cm³/mol. The third-order valence-electron chi connectivity index (χ3n) is 2.91. The average Bonchev–Trinajstić information content (AvgIpc) is 3.07. The van der Waals surface area contributed by atoms with Crippen molar-refractivity contribution in [3.63, 3.8) is 0 Å². The smallest absolute Gasteiger partial charge is 0.149 e. The van der Waals surface area contributed by atoms with Gasteiger partial charge in [-0.25, -0.2) is 4.98 Å². The number of hydrogen-bond donors (Lipinski definition) is 1. The lowest BCUT2D eigenvalue weighted by molar-refractivity contribution is 0.700. The van der Waals surface area contributed by atoms with Crippen LogP contribution in [0.1, 0.15) is 26.2 Å². The van der Waals surface area contributed by atoms with Crippen molar-refractivity contribution < 1.29 is 0 Å². The van der Waals surface area contributed by atoms with Gasteiger partial charge in [-0.3, -0.25) is 0 Å². The van der Waals surface area contributed by atoms with Crippen LogP contribution < -0.4 is 10.6 Å². The first-order valence-electron chi connectivity index (χ1n) is 5.98. The molecule has 5 heteroatoms. The molecule has 3 nitrogen and oxygen atoms in total. The van der Waals surface area contributed by atoms with E-state index in [9.17, 15) is 0 Å². The van der Waals surface area contributed by atoms with Crippen LogP contribution in [-0.4, -0.2) is 18.1 Å². The highest BCUT2D eigenvalue weighted by atomic mass is 35.5. The Hall–Kier alpha value is -0.670. The summed E-state index contributed by atoms with van der Waals surface area (Å²) >= 11 is 12.1. The van der Waals surface area contributed by atoms with Gasteiger partial charge in [-0.2, -0.15) is 0 Å². The van der Waals surface area contributed by atoms with Crippen molar-refractivity contribution in [2.24, 2.45) is 5.92 Å². The number of pyridine rings is 1. The van der Waals surface area contributed by atoms with Gasteiger partial charge < -0.3 is 10.6 Å². The number of anilines is 2. The van der Waals surface area contributed by atoms with E-state index in [1.807, 2.05) is 0 Å². The van der Waals surface area contributed by atoms with Gasteiger partial charge in [-0.1, -0.05) is 30.1 Å². The first-order valence-corrected chi connectivity index (χ1v) is 6.74. The number of hydrogen-bond acceptors (Lipinski definition) is 3. The molecule has 1 aliphatic carbocycles. The van der Waals surface area contributed by atoms with Crippen LogP contribution in [0.4, 0.5) is 11.6 Å². The summed E-state index contributed by atoms with van der Waals surface area (Å²) in [6.07, 6.45) is 3.68. The summed E-state index contributed by atoms with van der Waals surface area (Å²) in [5.74, 6) is 1.90. The second kappa shape index (κ2) is 5.32. The third-order valence-corrected chi connectivity index (χ3v) is 3.49. The van der Waals surface area contributed by atoms with E-state index in [1.54, 1.807) is 6.07 Å². The molecule has 0 aliphatic heterocycles. The quantitative estimate of drug-likeness (QED) is 0.892. The van der Waals surface area contributed by atoms with Gasteiger partial charge in [-0.15, -0.1) is 0 Å². The minimum atomic E-state index is 0.350. The Morgan fingerprint density at radius 3 is 2.71 bits per heavy atom. The fourth-order valence-electron chi connectivity index (χ4n) is 1.86. The molecule has 0 saturated heterocycles. The summed E-state index contributed by atoms with van der Waals surface area (Å²) in [6.45, 7) is 4.11. The summed E-state index contributed by atoms with van der Waals surface area (Å²) in [5.41, 5.74) is 5.74. The molecule has 94 valence electrons. The molecule has 0 radical (unpaired) electrons. The molecule has 0 atom stereocenters. The first-order chi connectivity index (χ1) is 8.11. The van der Waals surface area contributed by atoms with Gasteiger partial charge in [-0.05, 0) is 31.2 Å². The van der Waals surface area contributed by atoms with E-state index in [0.29, 0.717) is 15.9 Å². The normalized spacial score (nSPS) is 15.0. The van der Waals surface area contributed by atoms with Gasteiger partial charge in [0.25, 0.3) is 0 Å². The van der Waals surface area contributed by atoms with Gasteiger partial charge >= 0.3 is 0 Å². The fourth-order valence-corrected chi connectivity index (χ4v) is 2.34. The van der Waals surface area contributed by atoms with Crippen LogP contribution in [0, 0.1) is 5.92 Å². The van der Waals surface area contributed by atoms with Crippen LogP contribution in [0.25, 0.3) is 0 Å². The lowest BCUT2D eigenvalue weighted by Crippen LogP contribution is -2.28. The Morgan fingerprint density at radius 2 is 2.12 bits per heavy atom. The molecule has 1 fully saturated rings. The van der Waals surface area contributed by atoms with E-state index in [0.717, 1.165) is 31.2 Å². The maximum absolute atomic E-state index is 6.19. The Morgan fingerprint density at radius 1 is 1.41 bits per heavy atom. The molecule has 0 spiro atoms. The van der Waals surface area contributed by atoms with Gasteiger partial charge in [0, 0.05) is 13.1 Å². The molecule has 0 bridgehead atoms. The maximum Gasteiger partial charge on any atom is 0.149 e. The Labute approximate surface area is 112 Å². The van der Waals surface area contributed by atoms with Gasteiger partial charge in [0.15, 0.2) is 0 Å². The van der Waals surface area contributed by atoms with E-state index in [2.05, 4.69) is 16.8 Å². The summed E-state index contributed by atoms with van der Waals surface area (Å²) in [6, 6.07) is 1.68. The van der Waals surface area contributed by atoms with Gasteiger partial charge in [0.1, 0.15) is 11.6 Å². The highest BCUT2D eigenvalue weighted by molar-refractivity contribution is 6.37.